The molecule has 105 heavy (non-hydrogen) atoms. The molecule has 11 aliphatic rings. The monoisotopic (exact) mass is 1470 g/mol. The van der Waals surface area contributed by atoms with E-state index in [-0.39, 0.29) is 66.0 Å². The van der Waals surface area contributed by atoms with Gasteiger partial charge in [0.15, 0.2) is 11.9 Å². The molecular formula is C78H95N5O21S. The molecule has 9 heterocycles. The predicted octanol–water partition coefficient (Wildman–Crippen LogP) is 6.68. The molecule has 5 fully saturated rings. The molecule has 564 valence electrons. The molecule has 4 aliphatic carbocycles. The number of aliphatic hydroxyl groups is 2. The Kier molecular flexibility index (Phi) is 19.7. The molecule has 2 aromatic carbocycles. The number of aliphatic carboxylic acids is 1. The van der Waals surface area contributed by atoms with E-state index in [0.29, 0.717) is 148 Å². The summed E-state index contributed by atoms with van der Waals surface area (Å²) in [6.07, 6.45) is 8.09. The minimum atomic E-state index is -2.53. The number of carboxylic acid groups (broad SMARTS) is 1. The highest BCUT2D eigenvalue weighted by molar-refractivity contribution is 7.80. The van der Waals surface area contributed by atoms with Gasteiger partial charge in [-0.25, -0.2) is 14.4 Å². The molecule has 17 atom stereocenters. The first-order valence-corrected chi connectivity index (χ1v) is 37.1. The molecule has 2 saturated carbocycles. The highest BCUT2D eigenvalue weighted by atomic mass is 32.1. The van der Waals surface area contributed by atoms with Crippen molar-refractivity contribution in [3.8, 4) is 5.75 Å². The fourth-order valence-corrected chi connectivity index (χ4v) is 21.5. The summed E-state index contributed by atoms with van der Waals surface area (Å²) in [6, 6.07) is 9.35. The van der Waals surface area contributed by atoms with Crippen molar-refractivity contribution in [1.29, 1.82) is 0 Å². The molecule has 2 bridgehead atoms. The van der Waals surface area contributed by atoms with Crippen LogP contribution in [0.25, 0.3) is 10.9 Å². The van der Waals surface area contributed by atoms with Crippen molar-refractivity contribution < 1.29 is 101 Å². The number of anilines is 1. The highest BCUT2D eigenvalue weighted by Crippen LogP contribution is 2.69. The van der Waals surface area contributed by atoms with Crippen LogP contribution in [0.4, 0.5) is 5.69 Å². The van der Waals surface area contributed by atoms with Gasteiger partial charge in [0.25, 0.3) is 0 Å². The lowest BCUT2D eigenvalue weighted by Gasteiger charge is -2.63. The number of amides is 2. The van der Waals surface area contributed by atoms with Crippen molar-refractivity contribution in [1.82, 2.24) is 19.7 Å². The number of rotatable bonds is 14. The van der Waals surface area contributed by atoms with Gasteiger partial charge in [-0.15, -0.1) is 0 Å². The summed E-state index contributed by atoms with van der Waals surface area (Å²) in [6.45, 7) is 15.6. The number of nitrogens with one attached hydrogen (secondary N) is 1. The number of nitrogens with zero attached hydrogens (tertiary/aromatic N) is 4. The maximum atomic E-state index is 15.3. The molecular weight excluding hydrogens is 1370 g/mol. The van der Waals surface area contributed by atoms with Crippen LogP contribution in [0.1, 0.15) is 162 Å². The number of ether oxygens (including phenoxy) is 7. The van der Waals surface area contributed by atoms with E-state index in [2.05, 4.69) is 33.5 Å². The van der Waals surface area contributed by atoms with Crippen molar-refractivity contribution in [3.63, 3.8) is 0 Å². The molecule has 1 unspecified atom stereocenters. The van der Waals surface area contributed by atoms with Gasteiger partial charge in [-0.3, -0.25) is 43.4 Å². The number of furan rings is 1. The van der Waals surface area contributed by atoms with Crippen LogP contribution in [0.15, 0.2) is 70.4 Å². The van der Waals surface area contributed by atoms with E-state index in [0.717, 1.165) is 22.9 Å². The number of hydrogen-bond donors (Lipinski definition) is 5. The van der Waals surface area contributed by atoms with Crippen molar-refractivity contribution in [2.24, 2.45) is 28.6 Å². The Morgan fingerprint density at radius 2 is 1.61 bits per heavy atom. The number of aromatic nitrogens is 1. The maximum absolute atomic E-state index is 15.3. The quantitative estimate of drug-likeness (QED) is 0.0289. The number of esters is 5. The third kappa shape index (κ3) is 11.1. The normalized spacial score (nSPS) is 34.6. The highest BCUT2D eigenvalue weighted by Gasteiger charge is 2.81. The number of carboxylic acids is 1. The van der Waals surface area contributed by atoms with E-state index in [9.17, 15) is 53.4 Å². The van der Waals surface area contributed by atoms with Crippen LogP contribution in [0.5, 0.6) is 5.75 Å². The third-order valence-corrected chi connectivity index (χ3v) is 26.3. The van der Waals surface area contributed by atoms with Crippen LogP contribution in [0, 0.1) is 28.6 Å². The Labute approximate surface area is 614 Å². The summed E-state index contributed by atoms with van der Waals surface area (Å²) in [5.41, 5.74) is -3.22. The number of carbonyl (C=O) groups is 10. The molecule has 2 aromatic heterocycles. The fraction of sp³-hybridized carbons (Fsp3) is 0.590. The number of Topliss-reactive ketones (excluding diaryl/α,β-unsaturated/α-hetero) is 2. The van der Waals surface area contributed by atoms with E-state index in [1.54, 1.807) is 13.0 Å². The van der Waals surface area contributed by atoms with Gasteiger partial charge < -0.3 is 67.7 Å². The molecule has 26 nitrogen and oxygen atoms in total. The first-order chi connectivity index (χ1) is 50.0. The summed E-state index contributed by atoms with van der Waals surface area (Å²) in [7, 11) is 5.59. The van der Waals surface area contributed by atoms with Crippen LogP contribution >= 0.6 is 12.6 Å². The topological polar surface area (TPSA) is 338 Å². The molecule has 15 rings (SSSR count). The number of H-pyrrole nitrogens is 1. The lowest BCUT2D eigenvalue weighted by atomic mass is 9.47. The van der Waals surface area contributed by atoms with Gasteiger partial charge in [-0.2, -0.15) is 12.6 Å². The lowest BCUT2D eigenvalue weighted by Crippen LogP contribution is -2.81. The van der Waals surface area contributed by atoms with Crippen LogP contribution in [-0.4, -0.2) is 222 Å². The number of carbonyl (C=O) groups excluding carboxylic acids is 9. The van der Waals surface area contributed by atoms with Gasteiger partial charge in [0, 0.05) is 146 Å². The Bertz CT molecular complexity index is 4330. The molecule has 4 aromatic rings. The number of hydrogen-bond acceptors (Lipinski definition) is 23. The first kappa shape index (κ1) is 75.0. The SMILES string of the molecule is CC[C@]1(O)C[C@H]2C[N@](CCc3c([nH]c4ccccc34)[C@@](C(=O)OC)(c3cc4c(cc3OC)N(C=O)[C@H]3[C@@](O)(C(=O)OC)[C@H](OC(C)=O)[C@]5(CC)C=CCN6CC[C@]43[C@@H]65)C2)C1.COC[C@H]1OC(=O)c2coc3c2[C@@]1(C)C1=C(C3=O)C2CCC(=O)[C@@]2(C)C[C@H]1OC(C)=O.C[C@H](CS)C(=O)N1CCC[C@H]1C(=O)O. The van der Waals surface area contributed by atoms with Crippen molar-refractivity contribution in [2.45, 2.75) is 183 Å². The number of para-hydroxylation sites is 1. The Hall–Kier alpha value is -8.21. The van der Waals surface area contributed by atoms with Gasteiger partial charge in [-0.05, 0) is 106 Å². The lowest BCUT2D eigenvalue weighted by molar-refractivity contribution is -0.228. The predicted molar refractivity (Wildman–Crippen MR) is 380 cm³/mol. The van der Waals surface area contributed by atoms with Gasteiger partial charge in [0.1, 0.15) is 47.0 Å². The number of benzene rings is 2. The molecule has 0 radical (unpaired) electrons. The summed E-state index contributed by atoms with van der Waals surface area (Å²) in [4.78, 5) is 141. The minimum absolute atomic E-state index is 0.0635. The van der Waals surface area contributed by atoms with E-state index in [1.165, 1.54) is 58.3 Å². The number of piperidine rings is 1. The number of methoxy groups -OCH3 is 4. The van der Waals surface area contributed by atoms with E-state index in [4.69, 9.17) is 42.7 Å². The van der Waals surface area contributed by atoms with E-state index >= 15 is 4.79 Å². The standard InChI is InChI=1S/C46H56N4O10.C23H24O8.C9H15NO3S/c1-7-42(55)22-28-23-45(40(53)58-5,36-30(14-18-48(24-28)25-42)29-12-9-10-13-33(29)47-36)32-20-31-34(21-35(32)57-4)50(26-51)38-44(31)16-19-49-17-11-15-43(8-2,37(44)49)39(60-27(3)52)46(38,56)41(54)59-6;1-10(24)30-13-7-22(2)12(5-6-14(22)25)16-18(13)23(3)15(9-28-4)31-21(27)11-8-29-20(17(11)23)19(16)26;1-6(5-14)8(11)10-4-2-3-7(10)9(12)13/h9-13,15,20-21,26,28,37-39,47,55-56H,7-8,14,16-19,22-25H2,1-6H3;8,12-13,15H,5-7,9H2,1-4H3;6-7,14H,2-5H2,1H3,(H,12,13)/t28-,37+,38-,39-,42+,43-,44-,45+,46+;12?,13-,15-,22+,23+;6-,7+/m111/s1. The van der Waals surface area contributed by atoms with Crippen LogP contribution in [0.3, 0.4) is 0 Å². The number of aromatic amines is 1. The molecule has 2 amide bonds. The van der Waals surface area contributed by atoms with Crippen LogP contribution in [-0.2, 0) is 89.4 Å². The minimum Gasteiger partial charge on any atom is -0.496 e. The third-order valence-electron chi connectivity index (χ3n) is 25.7. The van der Waals surface area contributed by atoms with Crippen molar-refractivity contribution in [3.05, 3.63) is 105 Å². The second-order valence-electron chi connectivity index (χ2n) is 31.0. The zero-order valence-electron chi connectivity index (χ0n) is 61.3. The molecule has 1 spiro atoms. The number of allylic oxidation sites excluding steroid dienone is 1. The summed E-state index contributed by atoms with van der Waals surface area (Å²) in [5, 5.41) is 35.1. The number of likely N-dealkylation sites (tertiary alicyclic amines) is 1. The van der Waals surface area contributed by atoms with E-state index < -0.39 is 111 Å². The molecule has 4 N–H and O–H groups in total. The average Bonchev–Trinajstić information content (AvgIpc) is 1.50. The van der Waals surface area contributed by atoms with Crippen molar-refractivity contribution >= 4 is 88.9 Å². The van der Waals surface area contributed by atoms with Crippen molar-refractivity contribution in [2.75, 3.05) is 85.0 Å². The second-order valence-corrected chi connectivity index (χ2v) is 31.4. The average molecular weight is 1470 g/mol. The number of thiol groups is 1. The van der Waals surface area contributed by atoms with Gasteiger partial charge in [0.2, 0.25) is 23.7 Å². The molecule has 3 saturated heterocycles. The Balaban J connectivity index is 0.000000179. The zero-order valence-corrected chi connectivity index (χ0v) is 62.2. The van der Waals surface area contributed by atoms with Gasteiger partial charge in [-0.1, -0.05) is 58.0 Å². The van der Waals surface area contributed by atoms with Crippen LogP contribution < -0.4 is 9.64 Å². The summed E-state index contributed by atoms with van der Waals surface area (Å²) < 4.78 is 46.1. The summed E-state index contributed by atoms with van der Waals surface area (Å²) in [5.74, 6) is -4.38. The second kappa shape index (κ2) is 27.5. The first-order valence-electron chi connectivity index (χ1n) is 36.4. The Morgan fingerprint density at radius 3 is 2.27 bits per heavy atom. The van der Waals surface area contributed by atoms with Gasteiger partial charge >= 0.3 is 35.8 Å². The largest absolute Gasteiger partial charge is 0.496 e. The maximum Gasteiger partial charge on any atom is 0.344 e. The van der Waals surface area contributed by atoms with E-state index in [1.807, 2.05) is 64.1 Å². The number of cyclic esters (lactones) is 1. The van der Waals surface area contributed by atoms with Crippen LogP contribution in [0.2, 0.25) is 0 Å². The molecule has 7 aliphatic heterocycles. The molecule has 27 heteroatoms. The van der Waals surface area contributed by atoms with Gasteiger partial charge in [0.05, 0.1) is 50.7 Å². The summed E-state index contributed by atoms with van der Waals surface area (Å²) >= 11 is 4.03. The fourth-order valence-electron chi connectivity index (χ4n) is 21.3. The smallest absolute Gasteiger partial charge is 0.344 e. The zero-order chi connectivity index (χ0) is 75.6. The Morgan fingerprint density at radius 1 is 0.876 bits per heavy atom. The number of fused-ring (bicyclic) bond motifs is 9. The number of ketones is 2.